The highest BCUT2D eigenvalue weighted by Crippen LogP contribution is 2.09. The molecule has 0 aromatic heterocycles. The normalized spacial score (nSPS) is 11.1. The van der Waals surface area contributed by atoms with Gasteiger partial charge < -0.3 is 37.9 Å². The lowest BCUT2D eigenvalue weighted by Crippen LogP contribution is -2.24. The van der Waals surface area contributed by atoms with Gasteiger partial charge in [-0.2, -0.15) is 0 Å². The predicted molar refractivity (Wildman–Crippen MR) is 164 cm³/mol. The fourth-order valence-electron chi connectivity index (χ4n) is 3.44. The average Bonchev–Trinajstić information content (AvgIpc) is 3.00. The number of esters is 2. The first-order chi connectivity index (χ1) is 21.3. The van der Waals surface area contributed by atoms with Crippen molar-refractivity contribution < 1.29 is 47.5 Å². The number of hydrogen-bond donors (Lipinski definition) is 0. The Morgan fingerprint density at radius 2 is 1.20 bits per heavy atom. The number of ether oxygens (including phenoxy) is 8. The van der Waals surface area contributed by atoms with Crippen LogP contribution >= 0.6 is 0 Å². The lowest BCUT2D eigenvalue weighted by atomic mass is 10.1. The third kappa shape index (κ3) is 19.8. The number of carbonyl (C=O) groups excluding carboxylic acids is 2. The zero-order valence-electron chi connectivity index (χ0n) is 26.2. The molecule has 0 saturated heterocycles. The Kier molecular flexibility index (Phi) is 19.4. The van der Waals surface area contributed by atoms with Gasteiger partial charge in [-0.15, -0.1) is 0 Å². The van der Waals surface area contributed by atoms with E-state index in [1.165, 1.54) is 0 Å². The summed E-state index contributed by atoms with van der Waals surface area (Å²) in [5.41, 5.74) is 1.62. The van der Waals surface area contributed by atoms with Gasteiger partial charge >= 0.3 is 11.9 Å². The van der Waals surface area contributed by atoms with E-state index in [2.05, 4.69) is 11.8 Å². The first-order valence-corrected chi connectivity index (χ1v) is 14.8. The van der Waals surface area contributed by atoms with E-state index in [1.807, 2.05) is 57.2 Å². The van der Waals surface area contributed by atoms with Crippen LogP contribution in [0.1, 0.15) is 48.7 Å². The summed E-state index contributed by atoms with van der Waals surface area (Å²) in [4.78, 5) is 23.9. The average molecular weight is 615 g/mol. The smallest absolute Gasteiger partial charge is 0.338 e. The van der Waals surface area contributed by atoms with E-state index in [-0.39, 0.29) is 31.6 Å². The second-order valence-corrected chi connectivity index (χ2v) is 10.4. The van der Waals surface area contributed by atoms with Crippen LogP contribution in [0, 0.1) is 11.8 Å². The summed E-state index contributed by atoms with van der Waals surface area (Å²) in [6.07, 6.45) is 0.226. The second kappa shape index (κ2) is 23.1. The van der Waals surface area contributed by atoms with Crippen molar-refractivity contribution in [3.63, 3.8) is 0 Å². The van der Waals surface area contributed by atoms with Crippen LogP contribution in [0.4, 0.5) is 0 Å². The van der Waals surface area contributed by atoms with Crippen molar-refractivity contribution in [3.05, 3.63) is 71.3 Å². The number of hydrogen-bond acceptors (Lipinski definition) is 10. The van der Waals surface area contributed by atoms with Crippen molar-refractivity contribution in [3.8, 4) is 11.8 Å². The Morgan fingerprint density at radius 3 is 1.77 bits per heavy atom. The molecule has 0 unspecified atom stereocenters. The molecule has 0 radical (unpaired) electrons. The zero-order chi connectivity index (χ0) is 31.7. The molecule has 10 heteroatoms. The van der Waals surface area contributed by atoms with E-state index in [0.717, 1.165) is 5.56 Å². The van der Waals surface area contributed by atoms with Gasteiger partial charge in [-0.05, 0) is 44.5 Å². The summed E-state index contributed by atoms with van der Waals surface area (Å²) in [6.45, 7) is 10.8. The van der Waals surface area contributed by atoms with Crippen molar-refractivity contribution in [1.82, 2.24) is 0 Å². The van der Waals surface area contributed by atoms with Gasteiger partial charge in [-0.3, -0.25) is 4.79 Å². The maximum absolute atomic E-state index is 12.3. The number of rotatable bonds is 22. The van der Waals surface area contributed by atoms with Gasteiger partial charge in [-0.25, -0.2) is 4.79 Å². The molecule has 0 N–H and O–H groups in total. The summed E-state index contributed by atoms with van der Waals surface area (Å²) in [7, 11) is 0. The van der Waals surface area contributed by atoms with E-state index in [0.29, 0.717) is 83.8 Å². The molecule has 0 amide bonds. The monoisotopic (exact) mass is 614 g/mol. The minimum atomic E-state index is -0.478. The molecule has 242 valence electrons. The van der Waals surface area contributed by atoms with Crippen LogP contribution in [0.2, 0.25) is 0 Å². The minimum absolute atomic E-state index is 0.224. The van der Waals surface area contributed by atoms with Crippen molar-refractivity contribution >= 4 is 11.9 Å². The molecule has 0 bridgehead atoms. The number of carbonyl (C=O) groups is 2. The predicted octanol–water partition coefficient (Wildman–Crippen LogP) is 4.23. The maximum Gasteiger partial charge on any atom is 0.338 e. The largest absolute Gasteiger partial charge is 0.460 e. The van der Waals surface area contributed by atoms with Crippen molar-refractivity contribution in [2.24, 2.45) is 0 Å². The van der Waals surface area contributed by atoms with Crippen LogP contribution in [0.15, 0.2) is 54.6 Å². The highest BCUT2D eigenvalue weighted by Gasteiger charge is 2.15. The van der Waals surface area contributed by atoms with Crippen LogP contribution < -0.4 is 0 Å². The van der Waals surface area contributed by atoms with Crippen LogP contribution in [-0.2, 0) is 49.3 Å². The lowest BCUT2D eigenvalue weighted by Gasteiger charge is -2.19. The van der Waals surface area contributed by atoms with Crippen LogP contribution in [0.3, 0.4) is 0 Å². The van der Waals surface area contributed by atoms with E-state index in [4.69, 9.17) is 37.9 Å². The lowest BCUT2D eigenvalue weighted by molar-refractivity contribution is -0.156. The molecule has 2 rings (SSSR count). The van der Waals surface area contributed by atoms with Gasteiger partial charge in [0.05, 0.1) is 84.7 Å². The maximum atomic E-state index is 12.3. The Labute approximate surface area is 261 Å². The molecule has 10 nitrogen and oxygen atoms in total. The van der Waals surface area contributed by atoms with E-state index in [1.54, 1.807) is 18.2 Å². The highest BCUT2D eigenvalue weighted by molar-refractivity contribution is 5.89. The molecular weight excluding hydrogens is 568 g/mol. The first-order valence-electron chi connectivity index (χ1n) is 14.8. The Balaban J connectivity index is 1.35. The minimum Gasteiger partial charge on any atom is -0.460 e. The second-order valence-electron chi connectivity index (χ2n) is 10.4. The summed E-state index contributed by atoms with van der Waals surface area (Å²) in [5, 5.41) is 0. The molecule has 0 spiro atoms. The van der Waals surface area contributed by atoms with Crippen molar-refractivity contribution in [2.45, 2.75) is 39.4 Å². The summed E-state index contributed by atoms with van der Waals surface area (Å²) in [6, 6.07) is 16.6. The summed E-state index contributed by atoms with van der Waals surface area (Å²) < 4.78 is 43.2. The van der Waals surface area contributed by atoms with Gasteiger partial charge in [0, 0.05) is 5.56 Å². The molecule has 0 atom stereocenters. The fourth-order valence-corrected chi connectivity index (χ4v) is 3.44. The first kappa shape index (κ1) is 36.9. The standard InChI is InChI=1S/C34H46O10/c1-34(2,3)44-32(35)14-16-38-18-20-40-22-24-42-26-25-41-23-21-39-19-17-37-15-8-12-29-11-7-13-31(27-29)33(36)43-28-30-9-5-4-6-10-30/h4-7,9-11,13,27H,14-26,28H2,1-3H3. The van der Waals surface area contributed by atoms with Gasteiger partial charge in [0.15, 0.2) is 0 Å². The third-order valence-electron chi connectivity index (χ3n) is 5.45. The third-order valence-corrected chi connectivity index (χ3v) is 5.45. The fraction of sp³-hybridized carbons (Fsp3) is 0.529. The van der Waals surface area contributed by atoms with E-state index < -0.39 is 5.60 Å². The van der Waals surface area contributed by atoms with Crippen molar-refractivity contribution in [1.29, 1.82) is 0 Å². The summed E-state index contributed by atoms with van der Waals surface area (Å²) >= 11 is 0. The van der Waals surface area contributed by atoms with Crippen LogP contribution in [-0.4, -0.2) is 96.8 Å². The van der Waals surface area contributed by atoms with Gasteiger partial charge in [-0.1, -0.05) is 48.2 Å². The van der Waals surface area contributed by atoms with Crippen LogP contribution in [0.25, 0.3) is 0 Å². The van der Waals surface area contributed by atoms with Crippen molar-refractivity contribution in [2.75, 3.05) is 79.3 Å². The van der Waals surface area contributed by atoms with Gasteiger partial charge in [0.1, 0.15) is 18.8 Å². The van der Waals surface area contributed by atoms with E-state index >= 15 is 0 Å². The topological polar surface area (TPSA) is 108 Å². The molecule has 0 aliphatic carbocycles. The Hall–Kier alpha value is -3.30. The summed E-state index contributed by atoms with van der Waals surface area (Å²) in [5.74, 6) is 5.28. The molecule has 0 aliphatic heterocycles. The Bertz CT molecular complexity index is 1120. The molecule has 0 saturated carbocycles. The molecule has 44 heavy (non-hydrogen) atoms. The van der Waals surface area contributed by atoms with Gasteiger partial charge in [0.2, 0.25) is 0 Å². The molecule has 0 heterocycles. The quantitative estimate of drug-likeness (QED) is 0.109. The van der Waals surface area contributed by atoms with E-state index in [9.17, 15) is 9.59 Å². The molecule has 0 aliphatic rings. The van der Waals surface area contributed by atoms with Gasteiger partial charge in [0.25, 0.3) is 0 Å². The number of benzene rings is 2. The highest BCUT2D eigenvalue weighted by atomic mass is 16.6. The molecule has 2 aromatic carbocycles. The molecule has 0 fully saturated rings. The SMILES string of the molecule is CC(C)(C)OC(=O)CCOCCOCCOCCOCCOCCOCC#Cc1cccc(C(=O)OCc2ccccc2)c1. The zero-order valence-corrected chi connectivity index (χ0v) is 26.2. The van der Waals surface area contributed by atoms with Crippen LogP contribution in [0.5, 0.6) is 0 Å². The molecule has 2 aromatic rings. The molecular formula is C34H46O10. The Morgan fingerprint density at radius 1 is 0.659 bits per heavy atom.